The number of ether oxygens (including phenoxy) is 1. The molecule has 2 N–H and O–H groups in total. The van der Waals surface area contributed by atoms with Gasteiger partial charge in [-0.3, -0.25) is 9.69 Å². The number of nitriles is 1. The van der Waals surface area contributed by atoms with E-state index in [0.29, 0.717) is 22.8 Å². The van der Waals surface area contributed by atoms with Gasteiger partial charge in [0.1, 0.15) is 5.82 Å². The van der Waals surface area contributed by atoms with Gasteiger partial charge in [-0.25, -0.2) is 4.79 Å². The van der Waals surface area contributed by atoms with Crippen LogP contribution in [0.15, 0.2) is 33.4 Å². The predicted octanol–water partition coefficient (Wildman–Crippen LogP) is 2.20. The van der Waals surface area contributed by atoms with Crippen molar-refractivity contribution in [2.45, 2.75) is 19.3 Å². The van der Waals surface area contributed by atoms with Crippen molar-refractivity contribution in [3.63, 3.8) is 0 Å². The lowest BCUT2D eigenvalue weighted by Gasteiger charge is -2.37. The lowest BCUT2D eigenvalue weighted by molar-refractivity contribution is -0.136. The molecule has 124 valence electrons. The van der Waals surface area contributed by atoms with Crippen LogP contribution < -0.4 is 5.73 Å². The number of carbonyl (C=O) groups is 2. The van der Waals surface area contributed by atoms with Crippen LogP contribution in [0.4, 0.5) is 0 Å². The number of hydrogen-bond donors (Lipinski definition) is 1. The van der Waals surface area contributed by atoms with Gasteiger partial charge in [-0.05, 0) is 23.9 Å². The molecule has 1 aromatic rings. The van der Waals surface area contributed by atoms with E-state index in [1.165, 1.54) is 35.1 Å². The fraction of sp³-hybridized carbons (Fsp3) is 0.312. The Balaban J connectivity index is 2.29. The number of hydrogen-bond acceptors (Lipinski definition) is 7. The third-order valence-electron chi connectivity index (χ3n) is 4.02. The number of nitrogens with two attached hydrogens (primary N) is 1. The summed E-state index contributed by atoms with van der Waals surface area (Å²) < 4.78 is 4.89. The molecule has 24 heavy (non-hydrogen) atoms. The number of methoxy groups -OCH3 is 1. The first-order valence-electron chi connectivity index (χ1n) is 7.23. The van der Waals surface area contributed by atoms with Crippen LogP contribution in [0.3, 0.4) is 0 Å². The largest absolute Gasteiger partial charge is 0.466 e. The average molecular weight is 361 g/mol. The lowest BCUT2D eigenvalue weighted by atomic mass is 9.86. The first-order valence-corrected chi connectivity index (χ1v) is 9.09. The maximum Gasteiger partial charge on any atom is 0.338 e. The molecule has 1 unspecified atom stereocenters. The summed E-state index contributed by atoms with van der Waals surface area (Å²) in [4.78, 5) is 26.9. The summed E-state index contributed by atoms with van der Waals surface area (Å²) in [6, 6.07) is 4.12. The second-order valence-corrected chi connectivity index (χ2v) is 7.38. The van der Waals surface area contributed by atoms with Crippen molar-refractivity contribution in [1.82, 2.24) is 4.90 Å². The minimum absolute atomic E-state index is 0.0610. The molecule has 0 saturated carbocycles. The molecule has 0 bridgehead atoms. The number of esters is 1. The van der Waals surface area contributed by atoms with Crippen LogP contribution in [0.1, 0.15) is 22.8 Å². The Morgan fingerprint density at radius 3 is 2.88 bits per heavy atom. The van der Waals surface area contributed by atoms with E-state index in [-0.39, 0.29) is 17.3 Å². The van der Waals surface area contributed by atoms with Crippen molar-refractivity contribution >= 4 is 35.0 Å². The molecule has 0 spiro atoms. The molecule has 2 aliphatic heterocycles. The molecule has 0 aromatic carbocycles. The fourth-order valence-corrected chi connectivity index (χ4v) is 5.05. The van der Waals surface area contributed by atoms with Gasteiger partial charge < -0.3 is 10.5 Å². The van der Waals surface area contributed by atoms with Gasteiger partial charge in [0.15, 0.2) is 0 Å². The third-order valence-corrected chi connectivity index (χ3v) is 6.19. The highest BCUT2D eigenvalue weighted by atomic mass is 32.2. The van der Waals surface area contributed by atoms with Crippen LogP contribution in [0.2, 0.25) is 0 Å². The zero-order valence-electron chi connectivity index (χ0n) is 13.2. The highest BCUT2D eigenvalue weighted by molar-refractivity contribution is 8.03. The van der Waals surface area contributed by atoms with Crippen LogP contribution in [0, 0.1) is 18.3 Å². The van der Waals surface area contributed by atoms with Crippen LogP contribution in [-0.4, -0.2) is 29.6 Å². The Labute approximate surface area is 147 Å². The second kappa shape index (κ2) is 6.34. The number of allylic oxidation sites excluding steroid dienone is 1. The molecular formula is C16H15N3O3S2. The highest BCUT2D eigenvalue weighted by Crippen LogP contribution is 2.47. The summed E-state index contributed by atoms with van der Waals surface area (Å²) in [6.45, 7) is 1.92. The molecule has 1 saturated heterocycles. The molecule has 1 fully saturated rings. The summed E-state index contributed by atoms with van der Waals surface area (Å²) >= 11 is 2.87. The quantitative estimate of drug-likeness (QED) is 0.811. The van der Waals surface area contributed by atoms with Crippen molar-refractivity contribution in [1.29, 1.82) is 5.26 Å². The van der Waals surface area contributed by atoms with Gasteiger partial charge in [-0.2, -0.15) is 5.26 Å². The summed E-state index contributed by atoms with van der Waals surface area (Å²) in [6.07, 6.45) is 0.310. The Kier molecular flexibility index (Phi) is 4.39. The minimum Gasteiger partial charge on any atom is -0.466 e. The number of amides is 1. The molecule has 2 aliphatic rings. The van der Waals surface area contributed by atoms with Crippen molar-refractivity contribution in [2.75, 3.05) is 12.9 Å². The summed E-state index contributed by atoms with van der Waals surface area (Å²) in [5.74, 6) is -0.789. The maximum absolute atomic E-state index is 12.4. The van der Waals surface area contributed by atoms with Crippen LogP contribution >= 0.6 is 23.1 Å². The number of thioether (sulfide) groups is 1. The molecule has 3 heterocycles. The molecule has 1 amide bonds. The van der Waals surface area contributed by atoms with Crippen molar-refractivity contribution in [3.8, 4) is 6.07 Å². The number of aryl methyl sites for hydroxylation is 1. The standard InChI is InChI=1S/C16H15N3O3S2/c1-8-3-5-23-13(8)11-9(7-17)15-19(10(20)4-6-24-15)14(18)12(11)16(21)22-2/h3,5,11H,4,6,18H2,1-2H3. The minimum atomic E-state index is -0.625. The zero-order chi connectivity index (χ0) is 17.4. The van der Waals surface area contributed by atoms with Gasteiger partial charge in [0, 0.05) is 17.1 Å². The van der Waals surface area contributed by atoms with E-state index in [1.54, 1.807) is 0 Å². The van der Waals surface area contributed by atoms with Gasteiger partial charge in [-0.1, -0.05) is 0 Å². The first kappa shape index (κ1) is 16.6. The lowest BCUT2D eigenvalue weighted by Crippen LogP contribution is -2.42. The van der Waals surface area contributed by atoms with Crippen molar-refractivity contribution in [3.05, 3.63) is 43.9 Å². The monoisotopic (exact) mass is 361 g/mol. The van der Waals surface area contributed by atoms with Crippen LogP contribution in [0.5, 0.6) is 0 Å². The van der Waals surface area contributed by atoms with E-state index in [2.05, 4.69) is 6.07 Å². The smallest absolute Gasteiger partial charge is 0.338 e. The van der Waals surface area contributed by atoms with E-state index in [1.807, 2.05) is 18.4 Å². The van der Waals surface area contributed by atoms with E-state index in [9.17, 15) is 14.9 Å². The van der Waals surface area contributed by atoms with Gasteiger partial charge in [-0.15, -0.1) is 23.1 Å². The van der Waals surface area contributed by atoms with Gasteiger partial charge in [0.05, 0.1) is 35.3 Å². The van der Waals surface area contributed by atoms with E-state index < -0.39 is 11.9 Å². The van der Waals surface area contributed by atoms with Crippen LogP contribution in [0.25, 0.3) is 0 Å². The maximum atomic E-state index is 12.4. The summed E-state index contributed by atoms with van der Waals surface area (Å²) in [7, 11) is 1.26. The average Bonchev–Trinajstić information content (AvgIpc) is 2.99. The molecule has 0 aliphatic carbocycles. The molecule has 6 nitrogen and oxygen atoms in total. The van der Waals surface area contributed by atoms with Gasteiger partial charge in [0.25, 0.3) is 0 Å². The SMILES string of the molecule is COC(=O)C1=C(N)N2C(=O)CCSC2=C(C#N)C1c1sccc1C. The van der Waals surface area contributed by atoms with Crippen LogP contribution in [-0.2, 0) is 14.3 Å². The molecule has 3 rings (SSSR count). The number of carbonyl (C=O) groups excluding carboxylic acids is 2. The molecular weight excluding hydrogens is 346 g/mol. The third kappa shape index (κ3) is 2.41. The Morgan fingerprint density at radius 2 is 2.29 bits per heavy atom. The number of rotatable bonds is 2. The Bertz CT molecular complexity index is 832. The number of fused-ring (bicyclic) bond motifs is 1. The molecule has 1 atom stereocenters. The normalized spacial score (nSPS) is 20.8. The van der Waals surface area contributed by atoms with E-state index in [0.717, 1.165) is 10.4 Å². The highest BCUT2D eigenvalue weighted by Gasteiger charge is 2.43. The van der Waals surface area contributed by atoms with Crippen molar-refractivity contribution < 1.29 is 14.3 Å². The fourth-order valence-electron chi connectivity index (χ4n) is 2.89. The predicted molar refractivity (Wildman–Crippen MR) is 91.6 cm³/mol. The van der Waals surface area contributed by atoms with Gasteiger partial charge in [0.2, 0.25) is 5.91 Å². The second-order valence-electron chi connectivity index (χ2n) is 5.35. The first-order chi connectivity index (χ1) is 11.5. The topological polar surface area (TPSA) is 96.4 Å². The summed E-state index contributed by atoms with van der Waals surface area (Å²) in [5.41, 5.74) is 7.68. The Morgan fingerprint density at radius 1 is 1.54 bits per heavy atom. The Hall–Kier alpha value is -2.24. The molecule has 1 aromatic heterocycles. The number of thiophene rings is 1. The van der Waals surface area contributed by atoms with E-state index in [4.69, 9.17) is 10.5 Å². The summed E-state index contributed by atoms with van der Waals surface area (Å²) in [5, 5.41) is 12.2. The molecule has 0 radical (unpaired) electrons. The zero-order valence-corrected chi connectivity index (χ0v) is 14.8. The van der Waals surface area contributed by atoms with Crippen molar-refractivity contribution in [2.24, 2.45) is 5.73 Å². The van der Waals surface area contributed by atoms with Gasteiger partial charge >= 0.3 is 5.97 Å². The van der Waals surface area contributed by atoms with E-state index >= 15 is 0 Å². The number of nitrogens with zero attached hydrogens (tertiary/aromatic N) is 2. The molecule has 8 heteroatoms.